The first-order chi connectivity index (χ1) is 7.84. The number of halogens is 4. The minimum absolute atomic E-state index is 0.144. The zero-order valence-corrected chi connectivity index (χ0v) is 9.56. The van der Waals surface area contributed by atoms with Crippen molar-refractivity contribution in [3.63, 3.8) is 0 Å². The van der Waals surface area contributed by atoms with Crippen LogP contribution < -0.4 is 5.32 Å². The standard InChI is InChI=1S/C11H9ClF3NO/c1-16-10(17)5-2-7-6-8(11(13,14)15)3-4-9(7)12/h2-6H,1H3,(H,16,17)/b5-2+. The summed E-state index contributed by atoms with van der Waals surface area (Å²) >= 11 is 5.72. The molecule has 6 heteroatoms. The molecule has 0 aliphatic carbocycles. The van der Waals surface area contributed by atoms with Crippen molar-refractivity contribution in [3.05, 3.63) is 40.4 Å². The van der Waals surface area contributed by atoms with Crippen LogP contribution in [-0.2, 0) is 11.0 Å². The number of alkyl halides is 3. The van der Waals surface area contributed by atoms with Crippen molar-refractivity contribution >= 4 is 23.6 Å². The van der Waals surface area contributed by atoms with Gasteiger partial charge in [-0.2, -0.15) is 13.2 Å². The van der Waals surface area contributed by atoms with Gasteiger partial charge >= 0.3 is 6.18 Å². The molecule has 1 aromatic rings. The van der Waals surface area contributed by atoms with Gasteiger partial charge in [-0.1, -0.05) is 11.6 Å². The Labute approximate surface area is 101 Å². The fourth-order valence-corrected chi connectivity index (χ4v) is 1.28. The molecule has 17 heavy (non-hydrogen) atoms. The van der Waals surface area contributed by atoms with Gasteiger partial charge < -0.3 is 5.32 Å². The Balaban J connectivity index is 3.07. The van der Waals surface area contributed by atoms with Crippen LogP contribution in [0.1, 0.15) is 11.1 Å². The van der Waals surface area contributed by atoms with Crippen molar-refractivity contribution in [1.82, 2.24) is 5.32 Å². The minimum Gasteiger partial charge on any atom is -0.356 e. The molecule has 1 aromatic carbocycles. The van der Waals surface area contributed by atoms with E-state index in [1.165, 1.54) is 13.1 Å². The van der Waals surface area contributed by atoms with Crippen LogP contribution in [0.4, 0.5) is 13.2 Å². The van der Waals surface area contributed by atoms with Crippen molar-refractivity contribution in [2.24, 2.45) is 0 Å². The van der Waals surface area contributed by atoms with E-state index in [1.54, 1.807) is 0 Å². The number of carbonyl (C=O) groups excluding carboxylic acids is 1. The van der Waals surface area contributed by atoms with Gasteiger partial charge in [-0.25, -0.2) is 0 Å². The van der Waals surface area contributed by atoms with E-state index in [2.05, 4.69) is 5.32 Å². The largest absolute Gasteiger partial charge is 0.416 e. The van der Waals surface area contributed by atoms with Crippen LogP contribution in [-0.4, -0.2) is 13.0 Å². The summed E-state index contributed by atoms with van der Waals surface area (Å²) in [6.07, 6.45) is -2.09. The van der Waals surface area contributed by atoms with Gasteiger partial charge in [0.1, 0.15) is 0 Å². The molecule has 0 fully saturated rings. The Morgan fingerprint density at radius 2 is 2.06 bits per heavy atom. The summed E-state index contributed by atoms with van der Waals surface area (Å²) in [6.45, 7) is 0. The third kappa shape index (κ3) is 3.78. The fourth-order valence-electron chi connectivity index (χ4n) is 1.10. The molecule has 0 saturated heterocycles. The lowest BCUT2D eigenvalue weighted by Crippen LogP contribution is -2.13. The molecule has 0 spiro atoms. The first-order valence-corrected chi connectivity index (χ1v) is 4.99. The molecule has 0 unspecified atom stereocenters. The minimum atomic E-state index is -4.43. The molecule has 1 amide bonds. The Bertz CT molecular complexity index is 455. The lowest BCUT2D eigenvalue weighted by Gasteiger charge is -2.08. The molecule has 92 valence electrons. The van der Waals surface area contributed by atoms with Crippen molar-refractivity contribution in [3.8, 4) is 0 Å². The molecule has 1 rings (SSSR count). The summed E-state index contributed by atoms with van der Waals surface area (Å²) in [6, 6.07) is 2.93. The van der Waals surface area contributed by atoms with Gasteiger partial charge in [-0.05, 0) is 29.8 Å². The molecule has 0 bridgehead atoms. The van der Waals surface area contributed by atoms with Gasteiger partial charge in [0.15, 0.2) is 0 Å². The van der Waals surface area contributed by atoms with Gasteiger partial charge in [-0.3, -0.25) is 4.79 Å². The molecular formula is C11H9ClF3NO. The van der Waals surface area contributed by atoms with Crippen LogP contribution in [0.3, 0.4) is 0 Å². The maximum absolute atomic E-state index is 12.4. The molecule has 0 radical (unpaired) electrons. The third-order valence-corrected chi connectivity index (χ3v) is 2.33. The Morgan fingerprint density at radius 3 is 2.59 bits per heavy atom. The number of likely N-dealkylation sites (N-methyl/N-ethyl adjacent to an activating group) is 1. The second-order valence-electron chi connectivity index (χ2n) is 3.18. The van der Waals surface area contributed by atoms with Crippen LogP contribution in [0.2, 0.25) is 5.02 Å². The van der Waals surface area contributed by atoms with Gasteiger partial charge in [-0.15, -0.1) is 0 Å². The van der Waals surface area contributed by atoms with Crippen LogP contribution in [0, 0.1) is 0 Å². The second-order valence-corrected chi connectivity index (χ2v) is 3.59. The highest BCUT2D eigenvalue weighted by molar-refractivity contribution is 6.32. The summed E-state index contributed by atoms with van der Waals surface area (Å²) in [5, 5.41) is 2.46. The zero-order valence-electron chi connectivity index (χ0n) is 8.81. The van der Waals surface area contributed by atoms with Crippen molar-refractivity contribution in [2.45, 2.75) is 6.18 Å². The number of nitrogens with one attached hydrogen (secondary N) is 1. The molecule has 0 heterocycles. The first-order valence-electron chi connectivity index (χ1n) is 4.61. The Morgan fingerprint density at radius 1 is 1.41 bits per heavy atom. The monoisotopic (exact) mass is 263 g/mol. The average molecular weight is 264 g/mol. The van der Waals surface area contributed by atoms with E-state index in [9.17, 15) is 18.0 Å². The fraction of sp³-hybridized carbons (Fsp3) is 0.182. The number of carbonyl (C=O) groups is 1. The van der Waals surface area contributed by atoms with E-state index in [1.807, 2.05) is 0 Å². The van der Waals surface area contributed by atoms with Crippen LogP contribution in [0.25, 0.3) is 6.08 Å². The van der Waals surface area contributed by atoms with Gasteiger partial charge in [0.05, 0.1) is 5.56 Å². The SMILES string of the molecule is CNC(=O)/C=C/c1cc(C(F)(F)F)ccc1Cl. The number of amides is 1. The summed E-state index contributed by atoms with van der Waals surface area (Å²) in [4.78, 5) is 10.9. The predicted octanol–water partition coefficient (Wildman–Crippen LogP) is 3.12. The maximum atomic E-state index is 12.4. The Kier molecular flexibility index (Phi) is 4.17. The lowest BCUT2D eigenvalue weighted by molar-refractivity contribution is -0.137. The second kappa shape index (κ2) is 5.23. The predicted molar refractivity (Wildman–Crippen MR) is 59.6 cm³/mol. The molecular weight excluding hydrogens is 255 g/mol. The van der Waals surface area contributed by atoms with Crippen molar-refractivity contribution < 1.29 is 18.0 Å². The van der Waals surface area contributed by atoms with E-state index < -0.39 is 17.6 Å². The molecule has 1 N–H and O–H groups in total. The zero-order chi connectivity index (χ0) is 13.1. The highest BCUT2D eigenvalue weighted by Crippen LogP contribution is 2.32. The quantitative estimate of drug-likeness (QED) is 0.816. The normalized spacial score (nSPS) is 11.8. The van der Waals surface area contributed by atoms with E-state index in [0.717, 1.165) is 24.3 Å². The summed E-state index contributed by atoms with van der Waals surface area (Å²) in [5.74, 6) is -0.418. The average Bonchev–Trinajstić information content (AvgIpc) is 2.26. The molecule has 0 aliphatic rings. The summed E-state index contributed by atoms with van der Waals surface area (Å²) in [7, 11) is 1.42. The van der Waals surface area contributed by atoms with Gasteiger partial charge in [0, 0.05) is 18.1 Å². The number of hydrogen-bond donors (Lipinski definition) is 1. The van der Waals surface area contributed by atoms with Crippen molar-refractivity contribution in [2.75, 3.05) is 7.05 Å². The van der Waals surface area contributed by atoms with Crippen molar-refractivity contribution in [1.29, 1.82) is 0 Å². The van der Waals surface area contributed by atoms with E-state index in [0.29, 0.717) is 0 Å². The van der Waals surface area contributed by atoms with Gasteiger partial charge in [0.2, 0.25) is 5.91 Å². The van der Waals surface area contributed by atoms with E-state index in [-0.39, 0.29) is 10.6 Å². The van der Waals surface area contributed by atoms with Crippen LogP contribution in [0.5, 0.6) is 0 Å². The lowest BCUT2D eigenvalue weighted by atomic mass is 10.1. The topological polar surface area (TPSA) is 29.1 Å². The number of rotatable bonds is 2. The number of benzene rings is 1. The summed E-state index contributed by atoms with van der Waals surface area (Å²) in [5.41, 5.74) is -0.663. The van der Waals surface area contributed by atoms with E-state index >= 15 is 0 Å². The molecule has 2 nitrogen and oxygen atoms in total. The molecule has 0 atom stereocenters. The molecule has 0 aromatic heterocycles. The van der Waals surface area contributed by atoms with E-state index in [4.69, 9.17) is 11.6 Å². The van der Waals surface area contributed by atoms with Crippen LogP contribution in [0.15, 0.2) is 24.3 Å². The third-order valence-electron chi connectivity index (χ3n) is 1.98. The Hall–Kier alpha value is -1.49. The maximum Gasteiger partial charge on any atom is 0.416 e. The summed E-state index contributed by atoms with van der Waals surface area (Å²) < 4.78 is 37.3. The first kappa shape index (κ1) is 13.6. The molecule has 0 saturated carbocycles. The van der Waals surface area contributed by atoms with Gasteiger partial charge in [0.25, 0.3) is 0 Å². The number of hydrogen-bond acceptors (Lipinski definition) is 1. The van der Waals surface area contributed by atoms with Crippen LogP contribution >= 0.6 is 11.6 Å². The molecule has 0 aliphatic heterocycles. The highest BCUT2D eigenvalue weighted by Gasteiger charge is 2.30. The smallest absolute Gasteiger partial charge is 0.356 e. The highest BCUT2D eigenvalue weighted by atomic mass is 35.5.